The second-order valence-corrected chi connectivity index (χ2v) is 5.14. The number of nitrogens with one attached hydrogen (secondary N) is 2. The lowest BCUT2D eigenvalue weighted by molar-refractivity contribution is 0.0951. The van der Waals surface area contributed by atoms with Crippen LogP contribution in [0.5, 0.6) is 0 Å². The summed E-state index contributed by atoms with van der Waals surface area (Å²) in [6.45, 7) is 2.38. The fraction of sp³-hybridized carbons (Fsp3) is 0.400. The second-order valence-electron chi connectivity index (χ2n) is 5.14. The molecule has 1 aromatic carbocycles. The van der Waals surface area contributed by atoms with E-state index in [-0.39, 0.29) is 5.91 Å². The molecule has 21 heavy (non-hydrogen) atoms. The normalized spacial score (nSPS) is 13.3. The minimum Gasteiger partial charge on any atom is -0.385 e. The summed E-state index contributed by atoms with van der Waals surface area (Å²) in [4.78, 5) is 12.3. The van der Waals surface area contributed by atoms with Crippen LogP contribution in [0.1, 0.15) is 28.8 Å². The number of anilines is 1. The number of fused-ring (bicyclic) bond motifs is 1. The van der Waals surface area contributed by atoms with Crippen LogP contribution in [0.15, 0.2) is 30.6 Å². The number of aryl methyl sites for hydroxylation is 1. The van der Waals surface area contributed by atoms with Gasteiger partial charge in [-0.2, -0.15) is 0 Å². The van der Waals surface area contributed by atoms with Gasteiger partial charge in [-0.05, 0) is 37.0 Å². The van der Waals surface area contributed by atoms with E-state index in [1.807, 2.05) is 24.4 Å². The average molecular weight is 285 g/mol. The van der Waals surface area contributed by atoms with Crippen molar-refractivity contribution in [1.82, 2.24) is 20.3 Å². The van der Waals surface area contributed by atoms with Gasteiger partial charge in [0.15, 0.2) is 0 Å². The fourth-order valence-electron chi connectivity index (χ4n) is 2.61. The zero-order valence-corrected chi connectivity index (χ0v) is 11.9. The molecule has 1 aliphatic heterocycles. The average Bonchev–Trinajstić information content (AvgIpc) is 3.04. The minimum absolute atomic E-state index is 0.00846. The smallest absolute Gasteiger partial charge is 0.251 e. The first-order chi connectivity index (χ1) is 10.3. The van der Waals surface area contributed by atoms with Gasteiger partial charge in [0.2, 0.25) is 0 Å². The predicted octanol–water partition coefficient (Wildman–Crippen LogP) is 1.46. The molecule has 0 radical (unpaired) electrons. The largest absolute Gasteiger partial charge is 0.385 e. The van der Waals surface area contributed by atoms with Crippen LogP contribution in [0.2, 0.25) is 0 Å². The number of rotatable bonds is 5. The lowest BCUT2D eigenvalue weighted by Crippen LogP contribution is -2.27. The summed E-state index contributed by atoms with van der Waals surface area (Å²) >= 11 is 0. The molecule has 0 spiro atoms. The second kappa shape index (κ2) is 6.39. The van der Waals surface area contributed by atoms with Crippen molar-refractivity contribution in [2.45, 2.75) is 25.8 Å². The van der Waals surface area contributed by atoms with Crippen LogP contribution in [-0.4, -0.2) is 34.0 Å². The highest BCUT2D eigenvalue weighted by molar-refractivity contribution is 5.97. The standard InChI is InChI=1S/C15H19N5O/c21-15(17-8-3-10-20-11-9-18-19-20)13-4-1-6-14-12(13)5-2-7-16-14/h1,4,6,9,11,16H,2-3,5,7-8,10H2,(H,17,21). The number of hydrogen-bond donors (Lipinski definition) is 2. The van der Waals surface area contributed by atoms with Gasteiger partial charge in [-0.3, -0.25) is 9.48 Å². The molecule has 0 atom stereocenters. The highest BCUT2D eigenvalue weighted by Gasteiger charge is 2.16. The first kappa shape index (κ1) is 13.6. The summed E-state index contributed by atoms with van der Waals surface area (Å²) in [6.07, 6.45) is 6.35. The third-order valence-electron chi connectivity index (χ3n) is 3.66. The Balaban J connectivity index is 1.56. The maximum absolute atomic E-state index is 12.3. The van der Waals surface area contributed by atoms with Gasteiger partial charge in [-0.25, -0.2) is 0 Å². The quantitative estimate of drug-likeness (QED) is 0.816. The minimum atomic E-state index is 0.00846. The van der Waals surface area contributed by atoms with E-state index in [2.05, 4.69) is 20.9 Å². The molecular weight excluding hydrogens is 266 g/mol. The van der Waals surface area contributed by atoms with Crippen LogP contribution in [0, 0.1) is 0 Å². The lowest BCUT2D eigenvalue weighted by atomic mass is 9.97. The van der Waals surface area contributed by atoms with Crippen LogP contribution in [-0.2, 0) is 13.0 Å². The fourth-order valence-corrected chi connectivity index (χ4v) is 2.61. The molecule has 2 aromatic rings. The van der Waals surface area contributed by atoms with Crippen molar-refractivity contribution in [2.24, 2.45) is 0 Å². The number of benzene rings is 1. The summed E-state index contributed by atoms with van der Waals surface area (Å²) in [5.41, 5.74) is 3.02. The van der Waals surface area contributed by atoms with Crippen molar-refractivity contribution in [1.29, 1.82) is 0 Å². The Morgan fingerprint density at radius 3 is 3.24 bits per heavy atom. The Hall–Kier alpha value is -2.37. The van der Waals surface area contributed by atoms with E-state index in [0.717, 1.165) is 49.2 Å². The molecular formula is C15H19N5O. The number of aromatic nitrogens is 3. The summed E-state index contributed by atoms with van der Waals surface area (Å²) in [6, 6.07) is 5.87. The van der Waals surface area contributed by atoms with Crippen LogP contribution in [0.25, 0.3) is 0 Å². The highest BCUT2D eigenvalue weighted by Crippen LogP contribution is 2.25. The molecule has 3 rings (SSSR count). The first-order valence-corrected chi connectivity index (χ1v) is 7.32. The molecule has 1 aromatic heterocycles. The Morgan fingerprint density at radius 2 is 2.38 bits per heavy atom. The molecule has 0 saturated carbocycles. The third-order valence-corrected chi connectivity index (χ3v) is 3.66. The van der Waals surface area contributed by atoms with Crippen LogP contribution < -0.4 is 10.6 Å². The van der Waals surface area contributed by atoms with Crippen molar-refractivity contribution < 1.29 is 4.79 Å². The molecule has 0 bridgehead atoms. The first-order valence-electron chi connectivity index (χ1n) is 7.32. The third kappa shape index (κ3) is 3.21. The Kier molecular flexibility index (Phi) is 4.14. The Bertz CT molecular complexity index is 609. The van der Waals surface area contributed by atoms with E-state index in [1.165, 1.54) is 0 Å². The van der Waals surface area contributed by atoms with Crippen molar-refractivity contribution in [3.8, 4) is 0 Å². The van der Waals surface area contributed by atoms with Crippen molar-refractivity contribution in [3.05, 3.63) is 41.7 Å². The molecule has 2 N–H and O–H groups in total. The summed E-state index contributed by atoms with van der Waals surface area (Å²) in [7, 11) is 0. The predicted molar refractivity (Wildman–Crippen MR) is 80.2 cm³/mol. The number of carbonyl (C=O) groups excluding carboxylic acids is 1. The number of amides is 1. The van der Waals surface area contributed by atoms with E-state index >= 15 is 0 Å². The van der Waals surface area contributed by atoms with E-state index in [9.17, 15) is 4.79 Å². The summed E-state index contributed by atoms with van der Waals surface area (Å²) in [5.74, 6) is 0.00846. The number of carbonyl (C=O) groups is 1. The Morgan fingerprint density at radius 1 is 1.43 bits per heavy atom. The van der Waals surface area contributed by atoms with Crippen molar-refractivity contribution >= 4 is 11.6 Å². The van der Waals surface area contributed by atoms with Crippen LogP contribution in [0.4, 0.5) is 5.69 Å². The van der Waals surface area contributed by atoms with E-state index in [0.29, 0.717) is 6.54 Å². The molecule has 6 heteroatoms. The lowest BCUT2D eigenvalue weighted by Gasteiger charge is -2.20. The molecule has 0 fully saturated rings. The highest BCUT2D eigenvalue weighted by atomic mass is 16.1. The van der Waals surface area contributed by atoms with E-state index in [1.54, 1.807) is 10.9 Å². The maximum atomic E-state index is 12.3. The number of nitrogens with zero attached hydrogens (tertiary/aromatic N) is 3. The molecule has 2 heterocycles. The van der Waals surface area contributed by atoms with Gasteiger partial charge in [0.1, 0.15) is 0 Å². The Labute approximate surface area is 123 Å². The monoisotopic (exact) mass is 285 g/mol. The number of hydrogen-bond acceptors (Lipinski definition) is 4. The maximum Gasteiger partial charge on any atom is 0.251 e. The van der Waals surface area contributed by atoms with Crippen LogP contribution >= 0.6 is 0 Å². The van der Waals surface area contributed by atoms with Gasteiger partial charge in [0.25, 0.3) is 5.91 Å². The van der Waals surface area contributed by atoms with Gasteiger partial charge in [0, 0.05) is 37.1 Å². The molecule has 0 aliphatic carbocycles. The van der Waals surface area contributed by atoms with Crippen molar-refractivity contribution in [2.75, 3.05) is 18.4 Å². The molecule has 1 aliphatic rings. The summed E-state index contributed by atoms with van der Waals surface area (Å²) in [5, 5.41) is 14.0. The molecule has 110 valence electrons. The van der Waals surface area contributed by atoms with E-state index in [4.69, 9.17) is 0 Å². The van der Waals surface area contributed by atoms with Gasteiger partial charge >= 0.3 is 0 Å². The van der Waals surface area contributed by atoms with Gasteiger partial charge in [-0.15, -0.1) is 5.10 Å². The van der Waals surface area contributed by atoms with Gasteiger partial charge < -0.3 is 10.6 Å². The van der Waals surface area contributed by atoms with Gasteiger partial charge in [0.05, 0.1) is 6.20 Å². The zero-order chi connectivity index (χ0) is 14.5. The van der Waals surface area contributed by atoms with E-state index < -0.39 is 0 Å². The van der Waals surface area contributed by atoms with Crippen molar-refractivity contribution in [3.63, 3.8) is 0 Å². The van der Waals surface area contributed by atoms with Crippen LogP contribution in [0.3, 0.4) is 0 Å². The van der Waals surface area contributed by atoms with Gasteiger partial charge in [-0.1, -0.05) is 11.3 Å². The molecule has 1 amide bonds. The SMILES string of the molecule is O=C(NCCCn1ccnn1)c1cccc2c1CCCN2. The molecule has 0 saturated heterocycles. The molecule has 6 nitrogen and oxygen atoms in total. The zero-order valence-electron chi connectivity index (χ0n) is 11.9. The molecule has 0 unspecified atom stereocenters. The topological polar surface area (TPSA) is 71.8 Å². The summed E-state index contributed by atoms with van der Waals surface area (Å²) < 4.78 is 1.76.